The van der Waals surface area contributed by atoms with Gasteiger partial charge in [-0.15, -0.1) is 0 Å². The number of hydrogen-bond acceptors (Lipinski definition) is 4. The highest BCUT2D eigenvalue weighted by atomic mass is 16.5. The zero-order chi connectivity index (χ0) is 19.2. The molecule has 0 saturated heterocycles. The number of methoxy groups -OCH3 is 1. The van der Waals surface area contributed by atoms with Crippen molar-refractivity contribution >= 4 is 17.3 Å². The van der Waals surface area contributed by atoms with Gasteiger partial charge >= 0.3 is 0 Å². The lowest BCUT2D eigenvalue weighted by Gasteiger charge is -2.10. The first kappa shape index (κ1) is 18.5. The van der Waals surface area contributed by atoms with Gasteiger partial charge in [0.1, 0.15) is 11.4 Å². The van der Waals surface area contributed by atoms with Gasteiger partial charge in [0.15, 0.2) is 0 Å². The summed E-state index contributed by atoms with van der Waals surface area (Å²) in [4.78, 5) is 16.7. The Morgan fingerprint density at radius 3 is 2.33 bits per heavy atom. The maximum atomic E-state index is 12.5. The summed E-state index contributed by atoms with van der Waals surface area (Å²) in [5.41, 5.74) is 5.31. The number of amides is 1. The molecule has 0 fully saturated rings. The SMILES string of the molecule is COc1ccc(CNc2ccnc(C(=O)Nc3cc(C)cc(C)c3)c2)cc1. The van der Waals surface area contributed by atoms with E-state index in [0.29, 0.717) is 12.2 Å². The Labute approximate surface area is 159 Å². The molecule has 0 atom stereocenters. The molecule has 2 N–H and O–H groups in total. The van der Waals surface area contributed by atoms with Crippen LogP contribution in [0.15, 0.2) is 60.8 Å². The van der Waals surface area contributed by atoms with Crippen LogP contribution < -0.4 is 15.4 Å². The minimum atomic E-state index is -0.229. The highest BCUT2D eigenvalue weighted by Crippen LogP contribution is 2.17. The van der Waals surface area contributed by atoms with Gasteiger partial charge in [-0.2, -0.15) is 0 Å². The second-order valence-electron chi connectivity index (χ2n) is 6.46. The molecule has 0 aliphatic carbocycles. The van der Waals surface area contributed by atoms with Gasteiger partial charge in [-0.3, -0.25) is 9.78 Å². The number of anilines is 2. The number of pyridine rings is 1. The van der Waals surface area contributed by atoms with Crippen molar-refractivity contribution in [1.82, 2.24) is 4.98 Å². The molecule has 1 heterocycles. The molecule has 0 saturated carbocycles. The summed E-state index contributed by atoms with van der Waals surface area (Å²) in [7, 11) is 1.65. The third-order valence-corrected chi connectivity index (χ3v) is 4.13. The van der Waals surface area contributed by atoms with Crippen molar-refractivity contribution in [3.63, 3.8) is 0 Å². The average Bonchev–Trinajstić information content (AvgIpc) is 2.66. The topological polar surface area (TPSA) is 63.2 Å². The molecule has 0 aliphatic heterocycles. The van der Waals surface area contributed by atoms with Crippen LogP contribution in [0, 0.1) is 13.8 Å². The number of ether oxygens (including phenoxy) is 1. The number of benzene rings is 2. The van der Waals surface area contributed by atoms with Crippen molar-refractivity contribution in [3.05, 3.63) is 83.2 Å². The molecule has 0 spiro atoms. The van der Waals surface area contributed by atoms with E-state index < -0.39 is 0 Å². The van der Waals surface area contributed by atoms with Gasteiger partial charge in [0, 0.05) is 24.1 Å². The molecule has 3 aromatic rings. The Bertz CT molecular complexity index is 916. The number of rotatable bonds is 6. The fourth-order valence-corrected chi connectivity index (χ4v) is 2.85. The molecule has 2 aromatic carbocycles. The van der Waals surface area contributed by atoms with Crippen LogP contribution in [0.25, 0.3) is 0 Å². The molecule has 5 heteroatoms. The summed E-state index contributed by atoms with van der Waals surface area (Å²) < 4.78 is 5.16. The maximum absolute atomic E-state index is 12.5. The third-order valence-electron chi connectivity index (χ3n) is 4.13. The minimum absolute atomic E-state index is 0.229. The van der Waals surface area contributed by atoms with Crippen LogP contribution in [-0.2, 0) is 6.54 Å². The molecule has 27 heavy (non-hydrogen) atoms. The van der Waals surface area contributed by atoms with Crippen LogP contribution >= 0.6 is 0 Å². The summed E-state index contributed by atoms with van der Waals surface area (Å²) in [5, 5.41) is 6.23. The number of hydrogen-bond donors (Lipinski definition) is 2. The van der Waals surface area contributed by atoms with Crippen LogP contribution in [-0.4, -0.2) is 18.0 Å². The highest BCUT2D eigenvalue weighted by Gasteiger charge is 2.09. The average molecular weight is 361 g/mol. The number of nitrogens with one attached hydrogen (secondary N) is 2. The third kappa shape index (κ3) is 5.07. The minimum Gasteiger partial charge on any atom is -0.497 e. The van der Waals surface area contributed by atoms with Gasteiger partial charge in [-0.05, 0) is 66.9 Å². The fraction of sp³-hybridized carbons (Fsp3) is 0.182. The molecule has 5 nitrogen and oxygen atoms in total. The first-order valence-electron chi connectivity index (χ1n) is 8.76. The summed E-state index contributed by atoms with van der Waals surface area (Å²) in [5.74, 6) is 0.598. The van der Waals surface area contributed by atoms with Crippen LogP contribution in [0.1, 0.15) is 27.2 Å². The Morgan fingerprint density at radius 1 is 0.963 bits per heavy atom. The molecule has 138 valence electrons. The largest absolute Gasteiger partial charge is 0.497 e. The second-order valence-corrected chi connectivity index (χ2v) is 6.46. The van der Waals surface area contributed by atoms with Crippen molar-refractivity contribution in [1.29, 1.82) is 0 Å². The highest BCUT2D eigenvalue weighted by molar-refractivity contribution is 6.03. The zero-order valence-corrected chi connectivity index (χ0v) is 15.7. The van der Waals surface area contributed by atoms with Crippen molar-refractivity contribution in [2.45, 2.75) is 20.4 Å². The van der Waals surface area contributed by atoms with E-state index in [2.05, 4.69) is 21.7 Å². The number of carbonyl (C=O) groups is 1. The molecule has 0 bridgehead atoms. The van der Waals surface area contributed by atoms with E-state index in [9.17, 15) is 4.79 Å². The molecule has 0 radical (unpaired) electrons. The molecular formula is C22H23N3O2. The number of aromatic nitrogens is 1. The normalized spacial score (nSPS) is 10.3. The van der Waals surface area contributed by atoms with E-state index in [-0.39, 0.29) is 5.91 Å². The van der Waals surface area contributed by atoms with Crippen molar-refractivity contribution in [2.75, 3.05) is 17.7 Å². The van der Waals surface area contributed by atoms with Gasteiger partial charge in [0.25, 0.3) is 5.91 Å². The molecule has 0 unspecified atom stereocenters. The number of nitrogens with zero attached hydrogens (tertiary/aromatic N) is 1. The Hall–Kier alpha value is -3.34. The molecule has 0 aliphatic rings. The van der Waals surface area contributed by atoms with Gasteiger partial charge < -0.3 is 15.4 Å². The molecule has 1 amide bonds. The predicted molar refractivity (Wildman–Crippen MR) is 108 cm³/mol. The van der Waals surface area contributed by atoms with Crippen LogP contribution in [0.2, 0.25) is 0 Å². The molecule has 3 rings (SSSR count). The van der Waals surface area contributed by atoms with E-state index in [1.54, 1.807) is 19.4 Å². The monoisotopic (exact) mass is 361 g/mol. The lowest BCUT2D eigenvalue weighted by Crippen LogP contribution is -2.14. The van der Waals surface area contributed by atoms with Crippen molar-refractivity contribution in [3.8, 4) is 5.75 Å². The van der Waals surface area contributed by atoms with E-state index in [4.69, 9.17) is 4.74 Å². The van der Waals surface area contributed by atoms with Crippen LogP contribution in [0.3, 0.4) is 0 Å². The standard InChI is InChI=1S/C22H23N3O2/c1-15-10-16(2)12-19(11-15)25-22(26)21-13-18(8-9-23-21)24-14-17-4-6-20(27-3)7-5-17/h4-13H,14H2,1-3H3,(H,23,24)(H,25,26). The van der Waals surface area contributed by atoms with Crippen molar-refractivity contribution in [2.24, 2.45) is 0 Å². The van der Waals surface area contributed by atoms with Gasteiger partial charge in [-0.25, -0.2) is 0 Å². The lowest BCUT2D eigenvalue weighted by atomic mass is 10.1. The van der Waals surface area contributed by atoms with Crippen molar-refractivity contribution < 1.29 is 9.53 Å². The van der Waals surface area contributed by atoms with E-state index in [0.717, 1.165) is 33.8 Å². The first-order chi connectivity index (χ1) is 13.0. The lowest BCUT2D eigenvalue weighted by molar-refractivity contribution is 0.102. The Kier molecular flexibility index (Phi) is 5.71. The quantitative estimate of drug-likeness (QED) is 0.675. The Balaban J connectivity index is 1.66. The summed E-state index contributed by atoms with van der Waals surface area (Å²) in [6.45, 7) is 4.65. The van der Waals surface area contributed by atoms with Crippen LogP contribution in [0.4, 0.5) is 11.4 Å². The molecular weight excluding hydrogens is 338 g/mol. The number of carbonyl (C=O) groups excluding carboxylic acids is 1. The maximum Gasteiger partial charge on any atom is 0.274 e. The summed E-state index contributed by atoms with van der Waals surface area (Å²) >= 11 is 0. The first-order valence-corrected chi connectivity index (χ1v) is 8.76. The fourth-order valence-electron chi connectivity index (χ4n) is 2.85. The smallest absolute Gasteiger partial charge is 0.274 e. The van der Waals surface area contributed by atoms with Gasteiger partial charge in [0.2, 0.25) is 0 Å². The second kappa shape index (κ2) is 8.36. The van der Waals surface area contributed by atoms with E-state index in [1.807, 2.05) is 56.3 Å². The summed E-state index contributed by atoms with van der Waals surface area (Å²) in [6.07, 6.45) is 1.63. The summed E-state index contributed by atoms with van der Waals surface area (Å²) in [6, 6.07) is 17.4. The van der Waals surface area contributed by atoms with Gasteiger partial charge in [-0.1, -0.05) is 18.2 Å². The van der Waals surface area contributed by atoms with Gasteiger partial charge in [0.05, 0.1) is 7.11 Å². The zero-order valence-electron chi connectivity index (χ0n) is 15.7. The number of aryl methyl sites for hydroxylation is 2. The Morgan fingerprint density at radius 2 is 1.67 bits per heavy atom. The van der Waals surface area contributed by atoms with Crippen LogP contribution in [0.5, 0.6) is 5.75 Å². The predicted octanol–water partition coefficient (Wildman–Crippen LogP) is 4.57. The van der Waals surface area contributed by atoms with E-state index in [1.165, 1.54) is 0 Å². The van der Waals surface area contributed by atoms with E-state index >= 15 is 0 Å². The molecule has 1 aromatic heterocycles.